The molecule has 10 heteroatoms. The molecule has 2 heterocycles. The number of nitrogens with zero attached hydrogens (tertiary/aromatic N) is 3. The van der Waals surface area contributed by atoms with Gasteiger partial charge in [0.05, 0.1) is 16.9 Å². The van der Waals surface area contributed by atoms with Crippen LogP contribution in [0.5, 0.6) is 0 Å². The first-order valence-electron chi connectivity index (χ1n) is 11.3. The number of hydrogen-bond acceptors (Lipinski definition) is 5. The molecule has 2 aromatic heterocycles. The molecule has 0 aliphatic heterocycles. The molecule has 0 saturated carbocycles. The number of aromatic amines is 2. The van der Waals surface area contributed by atoms with E-state index >= 15 is 0 Å². The minimum atomic E-state index is -0.320. The number of rotatable bonds is 9. The van der Waals surface area contributed by atoms with Gasteiger partial charge in [0.2, 0.25) is 5.91 Å². The number of nitrogens with one attached hydrogen (secondary N) is 4. The first-order valence-corrected chi connectivity index (χ1v) is 12.1. The van der Waals surface area contributed by atoms with E-state index in [2.05, 4.69) is 59.1 Å². The van der Waals surface area contributed by atoms with Crippen molar-refractivity contribution in [2.24, 2.45) is 5.92 Å². The quantitative estimate of drug-likeness (QED) is 0.229. The third kappa shape index (κ3) is 5.17. The maximum Gasteiger partial charge on any atom is 0.272 e. The van der Waals surface area contributed by atoms with Crippen molar-refractivity contribution in [3.63, 3.8) is 0 Å². The van der Waals surface area contributed by atoms with Crippen LogP contribution in [0, 0.1) is 5.92 Å². The monoisotopic (exact) mass is 523 g/mol. The molecular formula is C24H26BrN7O2. The molecule has 4 N–H and O–H groups in total. The normalized spacial score (nSPS) is 12.0. The number of carbonyl (C=O) groups excluding carboxylic acids is 2. The van der Waals surface area contributed by atoms with Gasteiger partial charge >= 0.3 is 0 Å². The second-order valence-electron chi connectivity index (χ2n) is 8.08. The Morgan fingerprint density at radius 3 is 2.68 bits per heavy atom. The Bertz CT molecular complexity index is 1300. The lowest BCUT2D eigenvalue weighted by atomic mass is 9.98. The van der Waals surface area contributed by atoms with Crippen LogP contribution < -0.4 is 10.6 Å². The zero-order valence-electron chi connectivity index (χ0n) is 19.0. The van der Waals surface area contributed by atoms with Crippen molar-refractivity contribution in [2.75, 3.05) is 10.6 Å². The number of amides is 2. The summed E-state index contributed by atoms with van der Waals surface area (Å²) in [6.07, 6.45) is 3.73. The average molecular weight is 524 g/mol. The van der Waals surface area contributed by atoms with E-state index in [0.717, 1.165) is 35.5 Å². The molecule has 0 aliphatic carbocycles. The van der Waals surface area contributed by atoms with Gasteiger partial charge < -0.3 is 15.6 Å². The third-order valence-corrected chi connectivity index (χ3v) is 6.25. The number of aromatic nitrogens is 5. The number of halogens is 1. The molecule has 2 amide bonds. The molecule has 2 aromatic carbocycles. The van der Waals surface area contributed by atoms with Gasteiger partial charge in [-0.3, -0.25) is 9.59 Å². The SMILES string of the molecule is CCCCC(CC)C(=O)Nc1cccc2cc(C(=O)Nc3ccc(Br)cc3-c3nnn[nH]3)[nH]c12. The van der Waals surface area contributed by atoms with Crippen LogP contribution in [0.3, 0.4) is 0 Å². The lowest BCUT2D eigenvalue weighted by Crippen LogP contribution is -2.22. The first kappa shape index (κ1) is 23.6. The van der Waals surface area contributed by atoms with Gasteiger partial charge in [-0.15, -0.1) is 5.10 Å². The van der Waals surface area contributed by atoms with E-state index < -0.39 is 0 Å². The van der Waals surface area contributed by atoms with E-state index in [1.807, 2.05) is 37.3 Å². The van der Waals surface area contributed by atoms with Crippen molar-refractivity contribution in [3.05, 3.63) is 52.6 Å². The molecule has 4 rings (SSSR count). The topological polar surface area (TPSA) is 128 Å². The fraction of sp³-hybridized carbons (Fsp3) is 0.292. The Kier molecular flexibility index (Phi) is 7.36. The van der Waals surface area contributed by atoms with E-state index in [1.165, 1.54) is 0 Å². The smallest absolute Gasteiger partial charge is 0.272 e. The van der Waals surface area contributed by atoms with Crippen LogP contribution in [0.1, 0.15) is 50.0 Å². The number of tetrazole rings is 1. The first-order chi connectivity index (χ1) is 16.5. The lowest BCUT2D eigenvalue weighted by molar-refractivity contribution is -0.120. The lowest BCUT2D eigenvalue weighted by Gasteiger charge is -2.15. The van der Waals surface area contributed by atoms with Crippen LogP contribution in [-0.2, 0) is 4.79 Å². The van der Waals surface area contributed by atoms with Gasteiger partial charge in [-0.2, -0.15) is 0 Å². The van der Waals surface area contributed by atoms with Crippen LogP contribution >= 0.6 is 15.9 Å². The van der Waals surface area contributed by atoms with Gasteiger partial charge in [0, 0.05) is 21.3 Å². The van der Waals surface area contributed by atoms with Gasteiger partial charge in [-0.25, -0.2) is 5.10 Å². The van der Waals surface area contributed by atoms with Crippen LogP contribution in [0.15, 0.2) is 46.9 Å². The van der Waals surface area contributed by atoms with Gasteiger partial charge in [0.25, 0.3) is 5.91 Å². The van der Waals surface area contributed by atoms with E-state index in [0.29, 0.717) is 34.0 Å². The number of carbonyl (C=O) groups is 2. The molecular weight excluding hydrogens is 498 g/mol. The minimum absolute atomic E-state index is 0.00391. The second kappa shape index (κ2) is 10.6. The number of fused-ring (bicyclic) bond motifs is 1. The summed E-state index contributed by atoms with van der Waals surface area (Å²) in [5, 5.41) is 20.7. The summed E-state index contributed by atoms with van der Waals surface area (Å²) in [5.74, 6) is 0.0873. The number of hydrogen-bond donors (Lipinski definition) is 4. The second-order valence-corrected chi connectivity index (χ2v) is 9.00. The van der Waals surface area contributed by atoms with Crippen molar-refractivity contribution >= 4 is 50.0 Å². The molecule has 0 saturated heterocycles. The van der Waals surface area contributed by atoms with Crippen LogP contribution in [0.25, 0.3) is 22.3 Å². The summed E-state index contributed by atoms with van der Waals surface area (Å²) >= 11 is 3.44. The van der Waals surface area contributed by atoms with E-state index in [1.54, 1.807) is 12.1 Å². The largest absolute Gasteiger partial charge is 0.349 e. The molecule has 0 aliphatic rings. The van der Waals surface area contributed by atoms with Crippen molar-refractivity contribution in [1.82, 2.24) is 25.6 Å². The Hall–Kier alpha value is -3.53. The maximum absolute atomic E-state index is 13.1. The van der Waals surface area contributed by atoms with E-state index in [9.17, 15) is 9.59 Å². The highest BCUT2D eigenvalue weighted by Gasteiger charge is 2.19. The molecule has 1 atom stereocenters. The predicted octanol–water partition coefficient (Wildman–Crippen LogP) is 5.52. The molecule has 0 fully saturated rings. The van der Waals surface area contributed by atoms with Crippen molar-refractivity contribution in [1.29, 1.82) is 0 Å². The van der Waals surface area contributed by atoms with Crippen LogP contribution in [-0.4, -0.2) is 37.4 Å². The molecule has 34 heavy (non-hydrogen) atoms. The fourth-order valence-corrected chi connectivity index (χ4v) is 4.23. The summed E-state index contributed by atoms with van der Waals surface area (Å²) in [7, 11) is 0. The summed E-state index contributed by atoms with van der Waals surface area (Å²) in [6, 6.07) is 12.8. The highest BCUT2D eigenvalue weighted by atomic mass is 79.9. The predicted molar refractivity (Wildman–Crippen MR) is 136 cm³/mol. The maximum atomic E-state index is 13.1. The van der Waals surface area contributed by atoms with E-state index in [4.69, 9.17) is 0 Å². The van der Waals surface area contributed by atoms with Crippen molar-refractivity contribution in [3.8, 4) is 11.4 Å². The number of benzene rings is 2. The van der Waals surface area contributed by atoms with Crippen molar-refractivity contribution in [2.45, 2.75) is 39.5 Å². The molecule has 176 valence electrons. The summed E-state index contributed by atoms with van der Waals surface area (Å²) < 4.78 is 0.826. The Morgan fingerprint density at radius 2 is 1.94 bits per heavy atom. The number of unbranched alkanes of at least 4 members (excludes halogenated alkanes) is 1. The Morgan fingerprint density at radius 1 is 1.09 bits per heavy atom. The zero-order valence-corrected chi connectivity index (χ0v) is 20.6. The van der Waals surface area contributed by atoms with Crippen LogP contribution in [0.2, 0.25) is 0 Å². The van der Waals surface area contributed by atoms with Gasteiger partial charge in [-0.1, -0.05) is 54.8 Å². The fourth-order valence-electron chi connectivity index (χ4n) is 3.87. The Labute approximate surface area is 205 Å². The Balaban J connectivity index is 1.57. The molecule has 0 spiro atoms. The molecule has 9 nitrogen and oxygen atoms in total. The molecule has 4 aromatic rings. The summed E-state index contributed by atoms with van der Waals surface area (Å²) in [5.41, 5.74) is 2.95. The zero-order chi connectivity index (χ0) is 24.1. The minimum Gasteiger partial charge on any atom is -0.349 e. The average Bonchev–Trinajstić information content (AvgIpc) is 3.51. The highest BCUT2D eigenvalue weighted by molar-refractivity contribution is 9.10. The van der Waals surface area contributed by atoms with Gasteiger partial charge in [-0.05, 0) is 53.6 Å². The molecule has 0 bridgehead atoms. The summed E-state index contributed by atoms with van der Waals surface area (Å²) in [4.78, 5) is 29.1. The molecule has 0 radical (unpaired) electrons. The number of H-pyrrole nitrogens is 2. The van der Waals surface area contributed by atoms with Crippen LogP contribution in [0.4, 0.5) is 11.4 Å². The standard InChI is InChI=1S/C24H26BrN7O2/c1-3-5-7-14(4-2)23(33)28-19-9-6-8-15-12-20(26-21(15)19)24(34)27-18-11-10-16(25)13-17(18)22-29-31-32-30-22/h6,8-14,26H,3-5,7H2,1-2H3,(H,27,34)(H,28,33)(H,29,30,31,32). The third-order valence-electron chi connectivity index (χ3n) is 5.76. The number of para-hydroxylation sites is 1. The van der Waals surface area contributed by atoms with Gasteiger partial charge in [0.1, 0.15) is 5.69 Å². The number of anilines is 2. The van der Waals surface area contributed by atoms with Gasteiger partial charge in [0.15, 0.2) is 5.82 Å². The molecule has 1 unspecified atom stereocenters. The van der Waals surface area contributed by atoms with E-state index in [-0.39, 0.29) is 17.7 Å². The highest BCUT2D eigenvalue weighted by Crippen LogP contribution is 2.30. The summed E-state index contributed by atoms with van der Waals surface area (Å²) in [6.45, 7) is 4.15. The van der Waals surface area contributed by atoms with Crippen molar-refractivity contribution < 1.29 is 9.59 Å².